The molecule has 1 nitrogen and oxygen atoms in total. The molecule has 0 heterocycles. The molecule has 0 aliphatic heterocycles. The van der Waals surface area contributed by atoms with Gasteiger partial charge in [0.05, 0.1) is 0 Å². The van der Waals surface area contributed by atoms with Gasteiger partial charge in [-0.15, -0.1) is 0 Å². The first-order valence-corrected chi connectivity index (χ1v) is 7.40. The Balaban J connectivity index is 2.11. The van der Waals surface area contributed by atoms with Gasteiger partial charge in [0.25, 0.3) is 0 Å². The molecule has 2 rings (SSSR count). The zero-order valence-corrected chi connectivity index (χ0v) is 13.6. The predicted molar refractivity (Wildman–Crippen MR) is 85.1 cm³/mol. The van der Waals surface area contributed by atoms with Crippen LogP contribution in [0.25, 0.3) is 0 Å². The standard InChI is InChI=1S/C15H15Br2N/c1-10-6-14(7-11(2)15(10)17)18-9-12-4-3-5-13(16)8-12/h3-8,18H,9H2,1-2H3. The van der Waals surface area contributed by atoms with E-state index in [0.29, 0.717) is 0 Å². The van der Waals surface area contributed by atoms with Gasteiger partial charge in [-0.2, -0.15) is 0 Å². The average molecular weight is 369 g/mol. The van der Waals surface area contributed by atoms with Crippen LogP contribution >= 0.6 is 31.9 Å². The zero-order chi connectivity index (χ0) is 13.1. The highest BCUT2D eigenvalue weighted by Crippen LogP contribution is 2.25. The molecular formula is C15H15Br2N. The van der Waals surface area contributed by atoms with Crippen molar-refractivity contribution in [2.24, 2.45) is 0 Å². The lowest BCUT2D eigenvalue weighted by atomic mass is 10.1. The predicted octanol–water partition coefficient (Wildman–Crippen LogP) is 5.44. The maximum atomic E-state index is 3.58. The highest BCUT2D eigenvalue weighted by molar-refractivity contribution is 9.10. The highest BCUT2D eigenvalue weighted by atomic mass is 79.9. The van der Waals surface area contributed by atoms with Crippen molar-refractivity contribution in [1.82, 2.24) is 0 Å². The molecule has 2 aromatic rings. The van der Waals surface area contributed by atoms with Crippen molar-refractivity contribution in [1.29, 1.82) is 0 Å². The molecule has 0 fully saturated rings. The second-order valence-corrected chi connectivity index (χ2v) is 6.12. The second-order valence-electron chi connectivity index (χ2n) is 4.41. The molecule has 18 heavy (non-hydrogen) atoms. The summed E-state index contributed by atoms with van der Waals surface area (Å²) in [6.45, 7) is 5.06. The zero-order valence-electron chi connectivity index (χ0n) is 10.4. The number of halogens is 2. The number of anilines is 1. The molecule has 1 N–H and O–H groups in total. The number of hydrogen-bond acceptors (Lipinski definition) is 1. The fourth-order valence-electron chi connectivity index (χ4n) is 1.90. The maximum absolute atomic E-state index is 3.58. The van der Waals surface area contributed by atoms with E-state index in [0.717, 1.165) is 16.7 Å². The lowest BCUT2D eigenvalue weighted by Crippen LogP contribution is -2.00. The van der Waals surface area contributed by atoms with Crippen LogP contribution < -0.4 is 5.32 Å². The molecule has 0 aliphatic rings. The first-order chi connectivity index (χ1) is 8.56. The minimum atomic E-state index is 0.833. The summed E-state index contributed by atoms with van der Waals surface area (Å²) >= 11 is 7.07. The summed E-state index contributed by atoms with van der Waals surface area (Å²) < 4.78 is 2.31. The minimum absolute atomic E-state index is 0.833. The third-order valence-electron chi connectivity index (χ3n) is 2.82. The molecule has 0 unspecified atom stereocenters. The third-order valence-corrected chi connectivity index (χ3v) is 4.57. The lowest BCUT2D eigenvalue weighted by Gasteiger charge is -2.11. The molecule has 0 radical (unpaired) electrons. The van der Waals surface area contributed by atoms with E-state index in [1.54, 1.807) is 0 Å². The maximum Gasteiger partial charge on any atom is 0.0401 e. The van der Waals surface area contributed by atoms with Crippen molar-refractivity contribution in [3.05, 3.63) is 62.0 Å². The van der Waals surface area contributed by atoms with Crippen LogP contribution in [-0.4, -0.2) is 0 Å². The molecule has 0 saturated heterocycles. The third kappa shape index (κ3) is 3.36. The number of rotatable bonds is 3. The van der Waals surface area contributed by atoms with Crippen LogP contribution in [0.1, 0.15) is 16.7 Å². The van der Waals surface area contributed by atoms with E-state index in [1.807, 2.05) is 6.07 Å². The number of benzene rings is 2. The molecule has 3 heteroatoms. The van der Waals surface area contributed by atoms with Gasteiger partial charge >= 0.3 is 0 Å². The van der Waals surface area contributed by atoms with Crippen molar-refractivity contribution >= 4 is 37.5 Å². The van der Waals surface area contributed by atoms with Crippen molar-refractivity contribution < 1.29 is 0 Å². The summed E-state index contributed by atoms with van der Waals surface area (Å²) in [7, 11) is 0. The molecule has 0 bridgehead atoms. The normalized spacial score (nSPS) is 10.4. The molecule has 0 saturated carbocycles. The van der Waals surface area contributed by atoms with Gasteiger partial charge in [0.1, 0.15) is 0 Å². The summed E-state index contributed by atoms with van der Waals surface area (Å²) in [6.07, 6.45) is 0. The molecule has 2 aromatic carbocycles. The van der Waals surface area contributed by atoms with Crippen LogP contribution in [0.5, 0.6) is 0 Å². The second kappa shape index (κ2) is 5.89. The Hall–Kier alpha value is -0.800. The Morgan fingerprint density at radius 2 is 1.67 bits per heavy atom. The fraction of sp³-hybridized carbons (Fsp3) is 0.200. The number of aryl methyl sites for hydroxylation is 2. The van der Waals surface area contributed by atoms with E-state index < -0.39 is 0 Å². The van der Waals surface area contributed by atoms with E-state index in [4.69, 9.17) is 0 Å². The van der Waals surface area contributed by atoms with E-state index in [9.17, 15) is 0 Å². The molecule has 0 aliphatic carbocycles. The molecule has 0 spiro atoms. The van der Waals surface area contributed by atoms with Gasteiger partial charge in [-0.05, 0) is 54.8 Å². The van der Waals surface area contributed by atoms with Gasteiger partial charge in [-0.1, -0.05) is 44.0 Å². The Labute approximate surface area is 125 Å². The average Bonchev–Trinajstić information content (AvgIpc) is 2.33. The van der Waals surface area contributed by atoms with Gasteiger partial charge in [-0.3, -0.25) is 0 Å². The Bertz CT molecular complexity index is 541. The van der Waals surface area contributed by atoms with E-state index >= 15 is 0 Å². The van der Waals surface area contributed by atoms with Crippen molar-refractivity contribution in [2.75, 3.05) is 5.32 Å². The van der Waals surface area contributed by atoms with E-state index in [-0.39, 0.29) is 0 Å². The molecule has 0 atom stereocenters. The lowest BCUT2D eigenvalue weighted by molar-refractivity contribution is 1.14. The monoisotopic (exact) mass is 367 g/mol. The van der Waals surface area contributed by atoms with Crippen LogP contribution in [0.15, 0.2) is 45.3 Å². The fourth-order valence-corrected chi connectivity index (χ4v) is 2.57. The SMILES string of the molecule is Cc1cc(NCc2cccc(Br)c2)cc(C)c1Br. The minimum Gasteiger partial charge on any atom is -0.381 e. The topological polar surface area (TPSA) is 12.0 Å². The van der Waals surface area contributed by atoms with Gasteiger partial charge in [0.15, 0.2) is 0 Å². The first kappa shape index (κ1) is 13.6. The Morgan fingerprint density at radius 3 is 2.28 bits per heavy atom. The van der Waals surface area contributed by atoms with Crippen molar-refractivity contribution in [2.45, 2.75) is 20.4 Å². The van der Waals surface area contributed by atoms with Gasteiger partial charge < -0.3 is 5.32 Å². The molecule has 0 aromatic heterocycles. The van der Waals surface area contributed by atoms with Gasteiger partial charge in [0.2, 0.25) is 0 Å². The Kier molecular flexibility index (Phi) is 4.46. The van der Waals surface area contributed by atoms with Crippen LogP contribution in [-0.2, 0) is 6.54 Å². The van der Waals surface area contributed by atoms with Crippen molar-refractivity contribution in [3.63, 3.8) is 0 Å². The number of hydrogen-bond donors (Lipinski definition) is 1. The molecular weight excluding hydrogens is 354 g/mol. The van der Waals surface area contributed by atoms with E-state index in [2.05, 4.69) is 81.4 Å². The smallest absolute Gasteiger partial charge is 0.0401 e. The summed E-state index contributed by atoms with van der Waals surface area (Å²) in [5.74, 6) is 0. The largest absolute Gasteiger partial charge is 0.381 e. The summed E-state index contributed by atoms with van der Waals surface area (Å²) in [5.41, 5.74) is 4.94. The molecule has 0 amide bonds. The van der Waals surface area contributed by atoms with Gasteiger partial charge in [0, 0.05) is 21.2 Å². The summed E-state index contributed by atoms with van der Waals surface area (Å²) in [4.78, 5) is 0. The highest BCUT2D eigenvalue weighted by Gasteiger charge is 2.02. The summed E-state index contributed by atoms with van der Waals surface area (Å²) in [6, 6.07) is 12.7. The van der Waals surface area contributed by atoms with Crippen LogP contribution in [0.4, 0.5) is 5.69 Å². The summed E-state index contributed by atoms with van der Waals surface area (Å²) in [5, 5.41) is 3.46. The first-order valence-electron chi connectivity index (χ1n) is 5.81. The van der Waals surface area contributed by atoms with Gasteiger partial charge in [-0.25, -0.2) is 0 Å². The quantitative estimate of drug-likeness (QED) is 0.760. The van der Waals surface area contributed by atoms with Crippen LogP contribution in [0, 0.1) is 13.8 Å². The van der Waals surface area contributed by atoms with Crippen LogP contribution in [0.3, 0.4) is 0 Å². The number of nitrogens with one attached hydrogen (secondary N) is 1. The Morgan fingerprint density at radius 1 is 1.00 bits per heavy atom. The van der Waals surface area contributed by atoms with Crippen molar-refractivity contribution in [3.8, 4) is 0 Å². The van der Waals surface area contributed by atoms with Crippen LogP contribution in [0.2, 0.25) is 0 Å². The van der Waals surface area contributed by atoms with E-state index in [1.165, 1.54) is 21.2 Å². The molecule has 94 valence electrons.